The van der Waals surface area contributed by atoms with Crippen LogP contribution in [0.15, 0.2) is 40.2 Å². The largest absolute Gasteiger partial charge is 0.355 e. The third-order valence-corrected chi connectivity index (χ3v) is 6.50. The van der Waals surface area contributed by atoms with Crippen molar-refractivity contribution in [3.63, 3.8) is 0 Å². The molecule has 0 atom stereocenters. The van der Waals surface area contributed by atoms with Gasteiger partial charge in [-0.2, -0.15) is 0 Å². The summed E-state index contributed by atoms with van der Waals surface area (Å²) in [6.45, 7) is 2.87. The molecule has 3 rings (SSSR count). The molecule has 5 nitrogen and oxygen atoms in total. The van der Waals surface area contributed by atoms with Crippen LogP contribution in [0, 0.1) is 11.7 Å². The summed E-state index contributed by atoms with van der Waals surface area (Å²) in [5.41, 5.74) is 0.191. The van der Waals surface area contributed by atoms with Crippen molar-refractivity contribution in [3.05, 3.63) is 50.9 Å². The van der Waals surface area contributed by atoms with Crippen molar-refractivity contribution in [3.8, 4) is 0 Å². The molecular weight excluding hydrogens is 457 g/mol. The molecule has 0 unspecified atom stereocenters. The Labute approximate surface area is 182 Å². The van der Waals surface area contributed by atoms with Gasteiger partial charge in [0.25, 0.3) is 0 Å². The second-order valence-corrected chi connectivity index (χ2v) is 9.11. The number of rotatable bonds is 8. The van der Waals surface area contributed by atoms with E-state index in [0.29, 0.717) is 24.0 Å². The van der Waals surface area contributed by atoms with Crippen LogP contribution in [-0.2, 0) is 16.0 Å². The van der Waals surface area contributed by atoms with E-state index in [-0.39, 0.29) is 23.4 Å². The standard InChI is InChI=1S/C21H25BrFN3O2S/c22-16-3-4-19(18(23)14-16)25-20(27)8-12-26-10-6-15(7-11-26)21(28)24-9-5-17-2-1-13-29-17/h1-4,13-15H,5-12H2,(H,24,28)(H,25,27). The summed E-state index contributed by atoms with van der Waals surface area (Å²) in [4.78, 5) is 27.9. The Hall–Kier alpha value is -1.77. The molecule has 156 valence electrons. The van der Waals surface area contributed by atoms with Gasteiger partial charge in [-0.05, 0) is 62.0 Å². The van der Waals surface area contributed by atoms with E-state index >= 15 is 0 Å². The van der Waals surface area contributed by atoms with Crippen LogP contribution in [0.2, 0.25) is 0 Å². The van der Waals surface area contributed by atoms with E-state index in [2.05, 4.69) is 37.5 Å². The molecule has 0 radical (unpaired) electrons. The predicted molar refractivity (Wildman–Crippen MR) is 118 cm³/mol. The summed E-state index contributed by atoms with van der Waals surface area (Å²) in [7, 11) is 0. The molecule has 1 aliphatic rings. The topological polar surface area (TPSA) is 61.4 Å². The van der Waals surface area contributed by atoms with Gasteiger partial charge < -0.3 is 15.5 Å². The molecule has 1 aliphatic heterocycles. The van der Waals surface area contributed by atoms with Gasteiger partial charge in [0.15, 0.2) is 0 Å². The van der Waals surface area contributed by atoms with Crippen molar-refractivity contribution in [1.82, 2.24) is 10.2 Å². The number of thiophene rings is 1. The number of hydrogen-bond donors (Lipinski definition) is 2. The Morgan fingerprint density at radius 1 is 1.24 bits per heavy atom. The molecule has 2 aromatic rings. The lowest BCUT2D eigenvalue weighted by Gasteiger charge is -2.31. The van der Waals surface area contributed by atoms with Gasteiger partial charge in [-0.1, -0.05) is 22.0 Å². The van der Waals surface area contributed by atoms with Crippen molar-refractivity contribution in [2.24, 2.45) is 5.92 Å². The second kappa shape index (κ2) is 10.8. The molecule has 0 bridgehead atoms. The highest BCUT2D eigenvalue weighted by molar-refractivity contribution is 9.10. The predicted octanol–water partition coefficient (Wildman–Crippen LogP) is 4.05. The molecule has 1 saturated heterocycles. The first-order chi connectivity index (χ1) is 14.0. The van der Waals surface area contributed by atoms with Gasteiger partial charge in [-0.3, -0.25) is 9.59 Å². The van der Waals surface area contributed by atoms with E-state index in [0.717, 1.165) is 32.4 Å². The molecular formula is C21H25BrFN3O2S. The molecule has 2 N–H and O–H groups in total. The number of amides is 2. The number of halogens is 2. The normalized spacial score (nSPS) is 15.2. The Morgan fingerprint density at radius 2 is 2.03 bits per heavy atom. The fourth-order valence-corrected chi connectivity index (χ4v) is 4.43. The van der Waals surface area contributed by atoms with Crippen molar-refractivity contribution < 1.29 is 14.0 Å². The van der Waals surface area contributed by atoms with E-state index in [4.69, 9.17) is 0 Å². The lowest BCUT2D eigenvalue weighted by atomic mass is 9.95. The zero-order valence-electron chi connectivity index (χ0n) is 16.1. The minimum atomic E-state index is -0.460. The molecule has 1 aromatic heterocycles. The molecule has 8 heteroatoms. The number of piperidine rings is 1. The Balaban J connectivity index is 1.32. The molecule has 0 aliphatic carbocycles. The molecule has 2 amide bonds. The molecule has 1 aromatic carbocycles. The molecule has 0 spiro atoms. The Morgan fingerprint density at radius 3 is 2.72 bits per heavy atom. The van der Waals surface area contributed by atoms with Crippen molar-refractivity contribution in [2.75, 3.05) is 31.5 Å². The number of anilines is 1. The number of hydrogen-bond acceptors (Lipinski definition) is 4. The molecule has 1 fully saturated rings. The summed E-state index contributed by atoms with van der Waals surface area (Å²) in [6.07, 6.45) is 2.77. The summed E-state index contributed by atoms with van der Waals surface area (Å²) >= 11 is 4.90. The zero-order valence-corrected chi connectivity index (χ0v) is 18.5. The first kappa shape index (κ1) is 21.9. The SMILES string of the molecule is O=C(CCN1CCC(C(=O)NCCc2cccs2)CC1)Nc1ccc(Br)cc1F. The van der Waals surface area contributed by atoms with Gasteiger partial charge >= 0.3 is 0 Å². The average molecular weight is 482 g/mol. The van der Waals surface area contributed by atoms with Gasteiger partial charge in [0, 0.05) is 34.8 Å². The Kier molecular flexibility index (Phi) is 8.20. The fraction of sp³-hybridized carbons (Fsp3) is 0.429. The minimum Gasteiger partial charge on any atom is -0.355 e. The van der Waals surface area contributed by atoms with E-state index in [1.54, 1.807) is 23.5 Å². The molecule has 29 heavy (non-hydrogen) atoms. The van der Waals surface area contributed by atoms with Crippen LogP contribution in [0.5, 0.6) is 0 Å². The van der Waals surface area contributed by atoms with E-state index in [9.17, 15) is 14.0 Å². The van der Waals surface area contributed by atoms with Crippen LogP contribution in [0.25, 0.3) is 0 Å². The Bertz CT molecular complexity index is 823. The van der Waals surface area contributed by atoms with E-state index < -0.39 is 5.82 Å². The number of nitrogens with one attached hydrogen (secondary N) is 2. The van der Waals surface area contributed by atoms with Crippen molar-refractivity contribution in [1.29, 1.82) is 0 Å². The van der Waals surface area contributed by atoms with Crippen molar-refractivity contribution in [2.45, 2.75) is 25.7 Å². The maximum Gasteiger partial charge on any atom is 0.225 e. The van der Waals surface area contributed by atoms with Crippen LogP contribution in [0.3, 0.4) is 0 Å². The van der Waals surface area contributed by atoms with Crippen LogP contribution in [0.1, 0.15) is 24.1 Å². The van der Waals surface area contributed by atoms with Gasteiger partial charge in [0.05, 0.1) is 5.69 Å². The third kappa shape index (κ3) is 6.90. The second-order valence-electron chi connectivity index (χ2n) is 7.16. The third-order valence-electron chi connectivity index (χ3n) is 5.07. The number of benzene rings is 1. The van der Waals surface area contributed by atoms with Crippen LogP contribution >= 0.6 is 27.3 Å². The highest BCUT2D eigenvalue weighted by Gasteiger charge is 2.24. The van der Waals surface area contributed by atoms with Gasteiger partial charge in [-0.15, -0.1) is 11.3 Å². The monoisotopic (exact) mass is 481 g/mol. The number of nitrogens with zero attached hydrogens (tertiary/aromatic N) is 1. The summed E-state index contributed by atoms with van der Waals surface area (Å²) in [6, 6.07) is 8.66. The van der Waals surface area contributed by atoms with Gasteiger partial charge in [-0.25, -0.2) is 4.39 Å². The zero-order chi connectivity index (χ0) is 20.6. The van der Waals surface area contributed by atoms with Gasteiger partial charge in [0.1, 0.15) is 5.82 Å². The highest BCUT2D eigenvalue weighted by atomic mass is 79.9. The quantitative estimate of drug-likeness (QED) is 0.597. The highest BCUT2D eigenvalue weighted by Crippen LogP contribution is 2.20. The lowest BCUT2D eigenvalue weighted by Crippen LogP contribution is -2.41. The number of likely N-dealkylation sites (tertiary alicyclic amines) is 1. The first-order valence-electron chi connectivity index (χ1n) is 9.78. The number of carbonyl (C=O) groups is 2. The van der Waals surface area contributed by atoms with Crippen molar-refractivity contribution >= 4 is 44.8 Å². The maximum absolute atomic E-state index is 13.8. The van der Waals surface area contributed by atoms with E-state index in [1.165, 1.54) is 10.9 Å². The average Bonchev–Trinajstić information content (AvgIpc) is 3.22. The smallest absolute Gasteiger partial charge is 0.225 e. The summed E-state index contributed by atoms with van der Waals surface area (Å²) in [5, 5.41) is 7.70. The van der Waals surface area contributed by atoms with Crippen LogP contribution in [-0.4, -0.2) is 42.9 Å². The summed E-state index contributed by atoms with van der Waals surface area (Å²) in [5.74, 6) is -0.497. The maximum atomic E-state index is 13.8. The first-order valence-corrected chi connectivity index (χ1v) is 11.5. The van der Waals surface area contributed by atoms with Crippen LogP contribution < -0.4 is 10.6 Å². The lowest BCUT2D eigenvalue weighted by molar-refractivity contribution is -0.126. The number of carbonyl (C=O) groups excluding carboxylic acids is 2. The fourth-order valence-electron chi connectivity index (χ4n) is 3.39. The van der Waals surface area contributed by atoms with Crippen LogP contribution in [0.4, 0.5) is 10.1 Å². The molecule has 0 saturated carbocycles. The molecule has 2 heterocycles. The minimum absolute atomic E-state index is 0.0419. The van der Waals surface area contributed by atoms with E-state index in [1.807, 2.05) is 11.4 Å². The summed E-state index contributed by atoms with van der Waals surface area (Å²) < 4.78 is 14.4. The van der Waals surface area contributed by atoms with Gasteiger partial charge in [0.2, 0.25) is 11.8 Å².